The van der Waals surface area contributed by atoms with E-state index in [2.05, 4.69) is 0 Å². The zero-order chi connectivity index (χ0) is 13.8. The summed E-state index contributed by atoms with van der Waals surface area (Å²) < 4.78 is 22.8. The smallest absolute Gasteiger partial charge is 0.176 e. The molecule has 0 fully saturated rings. The molecule has 0 aliphatic rings. The molecule has 18 heavy (non-hydrogen) atoms. The first-order chi connectivity index (χ1) is 8.42. The maximum absolute atomic E-state index is 11.4. The highest BCUT2D eigenvalue weighted by atomic mass is 32.2. The Kier molecular flexibility index (Phi) is 3.84. The Morgan fingerprint density at radius 3 is 2.28 bits per heavy atom. The van der Waals surface area contributed by atoms with Gasteiger partial charge in [0.15, 0.2) is 9.84 Å². The fraction of sp³-hybridized carbons (Fsp3) is 0.0833. The molecule has 6 heteroatoms. The van der Waals surface area contributed by atoms with E-state index in [0.29, 0.717) is 5.56 Å². The number of nitrogens with zero attached hydrogens (tertiary/aromatic N) is 3. The van der Waals surface area contributed by atoms with Crippen LogP contribution in [0.4, 0.5) is 0 Å². The molecule has 0 atom stereocenters. The van der Waals surface area contributed by atoms with Gasteiger partial charge < -0.3 is 0 Å². The lowest BCUT2D eigenvalue weighted by Gasteiger charge is -2.02. The Labute approximate surface area is 105 Å². The van der Waals surface area contributed by atoms with Crippen LogP contribution in [0.15, 0.2) is 28.7 Å². The van der Waals surface area contributed by atoms with E-state index < -0.39 is 9.84 Å². The molecule has 0 N–H and O–H groups in total. The fourth-order valence-corrected chi connectivity index (χ4v) is 2.12. The fourth-order valence-electron chi connectivity index (χ4n) is 1.30. The summed E-state index contributed by atoms with van der Waals surface area (Å²) >= 11 is 0. The Balaban J connectivity index is 3.44. The molecular weight excluding hydrogens is 250 g/mol. The van der Waals surface area contributed by atoms with Crippen LogP contribution in [0, 0.1) is 34.0 Å². The molecule has 0 spiro atoms. The first-order valence-corrected chi connectivity index (χ1v) is 6.57. The zero-order valence-electron chi connectivity index (χ0n) is 9.38. The van der Waals surface area contributed by atoms with Gasteiger partial charge >= 0.3 is 0 Å². The van der Waals surface area contributed by atoms with E-state index in [0.717, 1.165) is 6.26 Å². The highest BCUT2D eigenvalue weighted by molar-refractivity contribution is 7.90. The molecule has 0 saturated heterocycles. The average Bonchev–Trinajstić information content (AvgIpc) is 2.34. The van der Waals surface area contributed by atoms with E-state index in [1.54, 1.807) is 18.2 Å². The van der Waals surface area contributed by atoms with Crippen LogP contribution in [0.1, 0.15) is 11.1 Å². The van der Waals surface area contributed by atoms with Gasteiger partial charge in [0, 0.05) is 6.26 Å². The third kappa shape index (κ3) is 2.95. The second-order valence-corrected chi connectivity index (χ2v) is 5.41. The number of hydrogen-bond acceptors (Lipinski definition) is 5. The van der Waals surface area contributed by atoms with Crippen molar-refractivity contribution in [1.82, 2.24) is 0 Å². The van der Waals surface area contributed by atoms with Gasteiger partial charge in [-0.15, -0.1) is 0 Å². The van der Waals surface area contributed by atoms with Gasteiger partial charge in [-0.2, -0.15) is 15.8 Å². The maximum atomic E-state index is 11.4. The first-order valence-electron chi connectivity index (χ1n) is 4.68. The molecule has 88 valence electrons. The summed E-state index contributed by atoms with van der Waals surface area (Å²) in [5.74, 6) is 0. The molecule has 0 saturated carbocycles. The van der Waals surface area contributed by atoms with Crippen LogP contribution in [0.3, 0.4) is 0 Å². The van der Waals surface area contributed by atoms with Crippen LogP contribution in [0.2, 0.25) is 0 Å². The number of rotatable bonds is 2. The SMILES string of the molecule is CS(=O)(=O)c1ccc(C=C(C#N)C#N)cc1C#N. The van der Waals surface area contributed by atoms with Crippen molar-refractivity contribution in [2.45, 2.75) is 4.90 Å². The van der Waals surface area contributed by atoms with E-state index in [1.165, 1.54) is 24.3 Å². The lowest BCUT2D eigenvalue weighted by atomic mass is 10.1. The molecular formula is C12H7N3O2S. The summed E-state index contributed by atoms with van der Waals surface area (Å²) in [4.78, 5) is -0.0717. The largest absolute Gasteiger partial charge is 0.224 e. The molecule has 1 aromatic carbocycles. The van der Waals surface area contributed by atoms with Crippen molar-refractivity contribution in [3.05, 3.63) is 34.9 Å². The van der Waals surface area contributed by atoms with Crippen molar-refractivity contribution in [2.24, 2.45) is 0 Å². The van der Waals surface area contributed by atoms with E-state index in [-0.39, 0.29) is 16.0 Å². The van der Waals surface area contributed by atoms with Crippen molar-refractivity contribution in [1.29, 1.82) is 15.8 Å². The average molecular weight is 257 g/mol. The highest BCUT2D eigenvalue weighted by Gasteiger charge is 2.13. The van der Waals surface area contributed by atoms with Gasteiger partial charge in [0.05, 0.1) is 10.5 Å². The monoisotopic (exact) mass is 257 g/mol. The Hall–Kier alpha value is -2.62. The summed E-state index contributed by atoms with van der Waals surface area (Å²) in [6.45, 7) is 0. The number of nitriles is 3. The van der Waals surface area contributed by atoms with E-state index >= 15 is 0 Å². The minimum Gasteiger partial charge on any atom is -0.224 e. The molecule has 0 radical (unpaired) electrons. The van der Waals surface area contributed by atoms with Crippen molar-refractivity contribution >= 4 is 15.9 Å². The molecule has 5 nitrogen and oxygen atoms in total. The van der Waals surface area contributed by atoms with Gasteiger partial charge in [-0.25, -0.2) is 8.42 Å². The van der Waals surface area contributed by atoms with Gasteiger partial charge in [-0.1, -0.05) is 6.07 Å². The number of allylic oxidation sites excluding steroid dienone is 1. The van der Waals surface area contributed by atoms with Gasteiger partial charge in [-0.3, -0.25) is 0 Å². The second kappa shape index (κ2) is 5.14. The van der Waals surface area contributed by atoms with Gasteiger partial charge in [0.25, 0.3) is 0 Å². The molecule has 0 amide bonds. The van der Waals surface area contributed by atoms with E-state index in [4.69, 9.17) is 15.8 Å². The Morgan fingerprint density at radius 2 is 1.83 bits per heavy atom. The van der Waals surface area contributed by atoms with Crippen LogP contribution in [-0.2, 0) is 9.84 Å². The number of sulfone groups is 1. The van der Waals surface area contributed by atoms with Crippen LogP contribution < -0.4 is 0 Å². The molecule has 0 bridgehead atoms. The lowest BCUT2D eigenvalue weighted by molar-refractivity contribution is 0.601. The van der Waals surface area contributed by atoms with E-state index in [9.17, 15) is 8.42 Å². The predicted molar refractivity (Wildman–Crippen MR) is 63.5 cm³/mol. The van der Waals surface area contributed by atoms with Crippen LogP contribution in [0.25, 0.3) is 6.08 Å². The molecule has 1 aromatic rings. The third-order valence-electron chi connectivity index (χ3n) is 2.08. The highest BCUT2D eigenvalue weighted by Crippen LogP contribution is 2.18. The normalized spacial score (nSPS) is 9.67. The lowest BCUT2D eigenvalue weighted by Crippen LogP contribution is -2.00. The second-order valence-electron chi connectivity index (χ2n) is 3.42. The molecule has 1 rings (SSSR count). The van der Waals surface area contributed by atoms with Gasteiger partial charge in [0.2, 0.25) is 0 Å². The number of benzene rings is 1. The summed E-state index contributed by atoms with van der Waals surface area (Å²) in [6, 6.07) is 9.19. The molecule has 0 unspecified atom stereocenters. The van der Waals surface area contributed by atoms with Gasteiger partial charge in [0.1, 0.15) is 23.8 Å². The van der Waals surface area contributed by atoms with Crippen molar-refractivity contribution in [3.8, 4) is 18.2 Å². The molecule has 0 aliphatic heterocycles. The van der Waals surface area contributed by atoms with Crippen LogP contribution in [-0.4, -0.2) is 14.7 Å². The standard InChI is InChI=1S/C12H7N3O2S/c1-18(16,17)12-3-2-9(5-11(12)8-15)4-10(6-13)7-14/h2-5H,1H3. The minimum absolute atomic E-state index is 0.0125. The van der Waals surface area contributed by atoms with Crippen molar-refractivity contribution in [3.63, 3.8) is 0 Å². The quantitative estimate of drug-likeness (QED) is 0.744. The number of hydrogen-bond donors (Lipinski definition) is 0. The third-order valence-corrected chi connectivity index (χ3v) is 3.23. The van der Waals surface area contributed by atoms with Crippen molar-refractivity contribution in [2.75, 3.05) is 6.26 Å². The summed E-state index contributed by atoms with van der Waals surface area (Å²) in [7, 11) is -3.48. The first kappa shape index (κ1) is 13.4. The maximum Gasteiger partial charge on any atom is 0.176 e. The van der Waals surface area contributed by atoms with Crippen molar-refractivity contribution < 1.29 is 8.42 Å². The molecule has 0 aliphatic carbocycles. The summed E-state index contributed by atoms with van der Waals surface area (Å²) in [5, 5.41) is 26.1. The molecule has 0 aromatic heterocycles. The van der Waals surface area contributed by atoms with Crippen LogP contribution in [0.5, 0.6) is 0 Å². The Bertz CT molecular complexity index is 725. The summed E-state index contributed by atoms with van der Waals surface area (Å²) in [5.41, 5.74) is 0.296. The van der Waals surface area contributed by atoms with Gasteiger partial charge in [-0.05, 0) is 23.8 Å². The molecule has 0 heterocycles. The summed E-state index contributed by atoms with van der Waals surface area (Å²) in [6.07, 6.45) is 2.29. The topological polar surface area (TPSA) is 106 Å². The Morgan fingerprint density at radius 1 is 1.22 bits per heavy atom. The minimum atomic E-state index is -3.48. The predicted octanol–water partition coefficient (Wildman–Crippen LogP) is 1.39. The van der Waals surface area contributed by atoms with E-state index in [1.807, 2.05) is 0 Å². The van der Waals surface area contributed by atoms with Crippen LogP contribution >= 0.6 is 0 Å². The zero-order valence-corrected chi connectivity index (χ0v) is 10.2.